The summed E-state index contributed by atoms with van der Waals surface area (Å²) in [6.45, 7) is 7.13. The van der Waals surface area contributed by atoms with E-state index < -0.39 is 12.1 Å². The molecule has 0 aromatic carbocycles. The van der Waals surface area contributed by atoms with Gasteiger partial charge in [0.15, 0.2) is 0 Å². The Morgan fingerprint density at radius 1 is 1.16 bits per heavy atom. The molecule has 2 unspecified atom stereocenters. The van der Waals surface area contributed by atoms with Crippen LogP contribution in [-0.4, -0.2) is 18.7 Å². The van der Waals surface area contributed by atoms with Gasteiger partial charge in [-0.05, 0) is 39.5 Å². The number of alkyl halides is 3. The van der Waals surface area contributed by atoms with Crippen LogP contribution in [0, 0.1) is 11.8 Å². The van der Waals surface area contributed by atoms with Crippen LogP contribution in [0.2, 0.25) is 0 Å². The summed E-state index contributed by atoms with van der Waals surface area (Å²) < 4.78 is 33.7. The van der Waals surface area contributed by atoms with Gasteiger partial charge in [0.1, 0.15) is 18.5 Å². The van der Waals surface area contributed by atoms with Gasteiger partial charge in [-0.25, -0.2) is 0 Å². The predicted molar refractivity (Wildman–Crippen MR) is 69.8 cm³/mol. The zero-order valence-corrected chi connectivity index (χ0v) is 12.0. The van der Waals surface area contributed by atoms with E-state index in [0.717, 1.165) is 26.1 Å². The molecule has 2 nitrogen and oxygen atoms in total. The van der Waals surface area contributed by atoms with Crippen molar-refractivity contribution in [2.75, 3.05) is 0 Å². The Morgan fingerprint density at radius 2 is 1.68 bits per heavy atom. The molecular formula is C14H23F3O2. The maximum absolute atomic E-state index is 11.2. The maximum atomic E-state index is 11.2. The van der Waals surface area contributed by atoms with Crippen molar-refractivity contribution in [3.8, 4) is 0 Å². The van der Waals surface area contributed by atoms with E-state index in [1.807, 2.05) is 0 Å². The first-order valence-corrected chi connectivity index (χ1v) is 6.24. The van der Waals surface area contributed by atoms with E-state index in [2.05, 4.69) is 26.8 Å². The van der Waals surface area contributed by atoms with Crippen molar-refractivity contribution >= 4 is 12.6 Å². The summed E-state index contributed by atoms with van der Waals surface area (Å²) in [4.78, 5) is 19.5. The van der Waals surface area contributed by atoms with Gasteiger partial charge in [-0.3, -0.25) is 0 Å². The van der Waals surface area contributed by atoms with E-state index in [1.165, 1.54) is 5.57 Å². The van der Waals surface area contributed by atoms with Crippen LogP contribution in [0.3, 0.4) is 0 Å². The predicted octanol–water partition coefficient (Wildman–Crippen LogP) is 4.34. The lowest BCUT2D eigenvalue weighted by Gasteiger charge is -2.06. The van der Waals surface area contributed by atoms with Crippen molar-refractivity contribution in [2.45, 2.75) is 53.1 Å². The highest BCUT2D eigenvalue weighted by Gasteiger charge is 2.35. The second kappa shape index (κ2) is 10.8. The van der Waals surface area contributed by atoms with Gasteiger partial charge in [-0.2, -0.15) is 13.2 Å². The minimum atomic E-state index is -4.36. The summed E-state index contributed by atoms with van der Waals surface area (Å²) >= 11 is 0. The first kappa shape index (κ1) is 20.2. The molecule has 0 bridgehead atoms. The molecule has 0 amide bonds. The Hall–Kier alpha value is -1.13. The molecule has 0 aromatic rings. The van der Waals surface area contributed by atoms with E-state index in [0.29, 0.717) is 12.3 Å². The highest BCUT2D eigenvalue weighted by Crippen LogP contribution is 2.23. The van der Waals surface area contributed by atoms with Crippen LogP contribution < -0.4 is 0 Å². The number of halogens is 3. The van der Waals surface area contributed by atoms with Gasteiger partial charge in [0.25, 0.3) is 0 Å². The molecule has 0 aliphatic rings. The molecule has 0 aliphatic heterocycles. The molecule has 0 fully saturated rings. The minimum absolute atomic E-state index is 0.125. The van der Waals surface area contributed by atoms with Crippen LogP contribution in [0.25, 0.3) is 0 Å². The average Bonchev–Trinajstić information content (AvgIpc) is 2.27. The third-order valence-corrected chi connectivity index (χ3v) is 2.43. The van der Waals surface area contributed by atoms with Crippen molar-refractivity contribution in [1.82, 2.24) is 0 Å². The van der Waals surface area contributed by atoms with E-state index >= 15 is 0 Å². The summed E-state index contributed by atoms with van der Waals surface area (Å²) in [7, 11) is 0. The molecule has 19 heavy (non-hydrogen) atoms. The van der Waals surface area contributed by atoms with Gasteiger partial charge in [-0.15, -0.1) is 0 Å². The number of carbonyl (C=O) groups is 2. The molecule has 0 spiro atoms. The minimum Gasteiger partial charge on any atom is -0.303 e. The largest absolute Gasteiger partial charge is 0.398 e. The molecule has 0 N–H and O–H groups in total. The number of allylic oxidation sites excluding steroid dienone is 2. The summed E-state index contributed by atoms with van der Waals surface area (Å²) in [5.74, 6) is -1.29. The van der Waals surface area contributed by atoms with Crippen LogP contribution in [-0.2, 0) is 9.59 Å². The van der Waals surface area contributed by atoms with Crippen LogP contribution in [0.4, 0.5) is 13.2 Å². The summed E-state index contributed by atoms with van der Waals surface area (Å²) in [5, 5.41) is 0. The second-order valence-corrected chi connectivity index (χ2v) is 4.83. The summed E-state index contributed by atoms with van der Waals surface area (Å²) in [6, 6.07) is 0. The molecule has 0 rings (SSSR count). The van der Waals surface area contributed by atoms with Crippen LogP contribution in [0.1, 0.15) is 47.0 Å². The van der Waals surface area contributed by atoms with Gasteiger partial charge < -0.3 is 9.59 Å². The average molecular weight is 280 g/mol. The van der Waals surface area contributed by atoms with E-state index in [-0.39, 0.29) is 6.29 Å². The van der Waals surface area contributed by atoms with Crippen molar-refractivity contribution in [2.24, 2.45) is 11.8 Å². The third-order valence-electron chi connectivity index (χ3n) is 2.43. The second-order valence-electron chi connectivity index (χ2n) is 4.83. The lowest BCUT2D eigenvalue weighted by atomic mass is 10.0. The summed E-state index contributed by atoms with van der Waals surface area (Å²) in [6.07, 6.45) is 1.69. The normalized spacial score (nSPS) is 13.6. The third kappa shape index (κ3) is 14.8. The zero-order chi connectivity index (χ0) is 15.5. The Labute approximate surface area is 113 Å². The van der Waals surface area contributed by atoms with E-state index in [1.54, 1.807) is 0 Å². The van der Waals surface area contributed by atoms with Crippen LogP contribution >= 0.6 is 0 Å². The molecular weight excluding hydrogens is 257 g/mol. The van der Waals surface area contributed by atoms with Crippen molar-refractivity contribution < 1.29 is 22.8 Å². The standard InChI is InChI=1S/C10H18O.C4H5F3O/c1-9(2)5-4-6-10(3)7-8-11;1-3(2-8)4(5,6)7/h5,8,10H,4,6-7H2,1-3H3;2-3H,1H3. The van der Waals surface area contributed by atoms with Gasteiger partial charge in [0, 0.05) is 6.42 Å². The fraction of sp³-hybridized carbons (Fsp3) is 0.714. The quantitative estimate of drug-likeness (QED) is 0.535. The molecule has 5 heteroatoms. The molecule has 0 aromatic heterocycles. The highest BCUT2D eigenvalue weighted by molar-refractivity contribution is 5.53. The number of carbonyl (C=O) groups excluding carboxylic acids is 2. The fourth-order valence-electron chi connectivity index (χ4n) is 1.02. The molecule has 2 atom stereocenters. The molecule has 0 heterocycles. The number of rotatable bonds is 6. The molecule has 0 aliphatic carbocycles. The van der Waals surface area contributed by atoms with Crippen LogP contribution in [0.5, 0.6) is 0 Å². The maximum Gasteiger partial charge on any atom is 0.398 e. The lowest BCUT2D eigenvalue weighted by molar-refractivity contribution is -0.170. The molecule has 0 radical (unpaired) electrons. The Kier molecular flexibility index (Phi) is 11.4. The Morgan fingerprint density at radius 3 is 1.95 bits per heavy atom. The van der Waals surface area contributed by atoms with E-state index in [9.17, 15) is 22.8 Å². The van der Waals surface area contributed by atoms with Crippen LogP contribution in [0.15, 0.2) is 11.6 Å². The first-order chi connectivity index (χ1) is 8.65. The number of hydrogen-bond acceptors (Lipinski definition) is 2. The molecule has 0 saturated carbocycles. The van der Waals surface area contributed by atoms with Gasteiger partial charge in [-0.1, -0.05) is 18.6 Å². The van der Waals surface area contributed by atoms with Gasteiger partial charge >= 0.3 is 6.18 Å². The van der Waals surface area contributed by atoms with Gasteiger partial charge in [0.2, 0.25) is 0 Å². The topological polar surface area (TPSA) is 34.1 Å². The smallest absolute Gasteiger partial charge is 0.303 e. The van der Waals surface area contributed by atoms with Gasteiger partial charge in [0.05, 0.1) is 0 Å². The summed E-state index contributed by atoms with van der Waals surface area (Å²) in [5.41, 5.74) is 1.36. The highest BCUT2D eigenvalue weighted by atomic mass is 19.4. The van der Waals surface area contributed by atoms with Crippen molar-refractivity contribution in [1.29, 1.82) is 0 Å². The lowest BCUT2D eigenvalue weighted by Crippen LogP contribution is -2.20. The Balaban J connectivity index is 0. The zero-order valence-electron chi connectivity index (χ0n) is 12.0. The molecule has 0 saturated heterocycles. The fourth-order valence-corrected chi connectivity index (χ4v) is 1.02. The number of hydrogen-bond donors (Lipinski definition) is 0. The SMILES string of the molecule is CC(C)=CCCC(C)CC=O.CC(C=O)C(F)(F)F. The van der Waals surface area contributed by atoms with E-state index in [4.69, 9.17) is 0 Å². The first-order valence-electron chi connectivity index (χ1n) is 6.24. The Bertz CT molecular complexity index is 279. The van der Waals surface area contributed by atoms with Crippen molar-refractivity contribution in [3.05, 3.63) is 11.6 Å². The monoisotopic (exact) mass is 280 g/mol. The van der Waals surface area contributed by atoms with Crippen molar-refractivity contribution in [3.63, 3.8) is 0 Å². The number of aldehydes is 2. The molecule has 112 valence electrons.